The molecule has 2 saturated carbocycles. The lowest BCUT2D eigenvalue weighted by atomic mass is 9.76. The predicted octanol–water partition coefficient (Wildman–Crippen LogP) is 7.16. The van der Waals surface area contributed by atoms with Crippen LogP contribution in [0.3, 0.4) is 0 Å². The highest BCUT2D eigenvalue weighted by molar-refractivity contribution is 4.97. The van der Waals surface area contributed by atoms with Crippen LogP contribution < -0.4 is 0 Å². The van der Waals surface area contributed by atoms with Gasteiger partial charge in [-0.25, -0.2) is 0 Å². The van der Waals surface area contributed by atoms with E-state index < -0.39 is 0 Å². The molecule has 3 aliphatic rings. The van der Waals surface area contributed by atoms with Gasteiger partial charge < -0.3 is 4.74 Å². The average molecular weight is 347 g/mol. The first kappa shape index (κ1) is 19.5. The first-order chi connectivity index (χ1) is 12.3. The molecular formula is C24H42O. The Hall–Kier alpha value is -0.300. The summed E-state index contributed by atoms with van der Waals surface area (Å²) in [6.45, 7) is 5.67. The quantitative estimate of drug-likeness (QED) is 0.463. The minimum Gasteiger partial charge on any atom is -0.378 e. The van der Waals surface area contributed by atoms with E-state index in [0.29, 0.717) is 6.10 Å². The van der Waals surface area contributed by atoms with Crippen LogP contribution in [0.4, 0.5) is 0 Å². The summed E-state index contributed by atoms with van der Waals surface area (Å²) in [6.07, 6.45) is 24.1. The van der Waals surface area contributed by atoms with Gasteiger partial charge in [-0.2, -0.15) is 0 Å². The van der Waals surface area contributed by atoms with Gasteiger partial charge in [0.2, 0.25) is 0 Å². The lowest BCUT2D eigenvalue weighted by Crippen LogP contribution is -2.33. The van der Waals surface area contributed by atoms with Gasteiger partial charge in [0, 0.05) is 6.61 Å². The summed E-state index contributed by atoms with van der Waals surface area (Å²) < 4.78 is 6.22. The minimum atomic E-state index is 0.585. The summed E-state index contributed by atoms with van der Waals surface area (Å²) in [5.74, 6) is 4.47. The third kappa shape index (κ3) is 5.84. The van der Waals surface area contributed by atoms with Crippen molar-refractivity contribution >= 4 is 0 Å². The number of allylic oxidation sites excluding steroid dienone is 2. The van der Waals surface area contributed by atoms with Gasteiger partial charge in [-0.15, -0.1) is 0 Å². The molecule has 2 atom stereocenters. The van der Waals surface area contributed by atoms with Gasteiger partial charge in [0.05, 0.1) is 6.10 Å². The molecule has 1 nitrogen and oxygen atoms in total. The van der Waals surface area contributed by atoms with Crippen molar-refractivity contribution in [1.29, 1.82) is 0 Å². The third-order valence-electron chi connectivity index (χ3n) is 7.57. The highest BCUT2D eigenvalue weighted by Crippen LogP contribution is 2.38. The maximum Gasteiger partial charge on any atom is 0.0603 e. The molecule has 1 aliphatic heterocycles. The molecule has 25 heavy (non-hydrogen) atoms. The van der Waals surface area contributed by atoms with Crippen molar-refractivity contribution in [1.82, 2.24) is 0 Å². The van der Waals surface area contributed by atoms with Crippen molar-refractivity contribution in [2.24, 2.45) is 29.6 Å². The Morgan fingerprint density at radius 1 is 0.720 bits per heavy atom. The van der Waals surface area contributed by atoms with Crippen LogP contribution in [0.5, 0.6) is 0 Å². The summed E-state index contributed by atoms with van der Waals surface area (Å²) in [5.41, 5.74) is 0. The van der Waals surface area contributed by atoms with E-state index in [1.165, 1.54) is 83.5 Å². The lowest BCUT2D eigenvalue weighted by Gasteiger charge is -2.37. The molecule has 1 heteroatoms. The van der Waals surface area contributed by atoms with Crippen LogP contribution in [0.2, 0.25) is 0 Å². The largest absolute Gasteiger partial charge is 0.378 e. The molecule has 0 bridgehead atoms. The second-order valence-corrected chi connectivity index (χ2v) is 9.35. The molecule has 3 fully saturated rings. The van der Waals surface area contributed by atoms with E-state index in [9.17, 15) is 0 Å². The summed E-state index contributed by atoms with van der Waals surface area (Å²) in [4.78, 5) is 0. The Bertz CT molecular complexity index is 377. The number of hydrogen-bond donors (Lipinski definition) is 0. The zero-order valence-corrected chi connectivity index (χ0v) is 16.9. The molecule has 1 heterocycles. The maximum atomic E-state index is 6.22. The topological polar surface area (TPSA) is 9.23 Å². The molecule has 1 saturated heterocycles. The Kier molecular flexibility index (Phi) is 7.90. The molecule has 0 radical (unpaired) electrons. The van der Waals surface area contributed by atoms with Crippen molar-refractivity contribution in [3.8, 4) is 0 Å². The van der Waals surface area contributed by atoms with Crippen LogP contribution in [0, 0.1) is 29.6 Å². The van der Waals surface area contributed by atoms with Crippen molar-refractivity contribution in [2.45, 2.75) is 103 Å². The van der Waals surface area contributed by atoms with Gasteiger partial charge in [-0.3, -0.25) is 0 Å². The predicted molar refractivity (Wildman–Crippen MR) is 108 cm³/mol. The van der Waals surface area contributed by atoms with E-state index in [2.05, 4.69) is 26.0 Å². The zero-order valence-electron chi connectivity index (χ0n) is 16.9. The molecule has 0 amide bonds. The van der Waals surface area contributed by atoms with E-state index >= 15 is 0 Å². The van der Waals surface area contributed by atoms with Gasteiger partial charge >= 0.3 is 0 Å². The summed E-state index contributed by atoms with van der Waals surface area (Å²) in [5, 5.41) is 0. The second-order valence-electron chi connectivity index (χ2n) is 9.35. The normalized spacial score (nSPS) is 40.4. The van der Waals surface area contributed by atoms with Gasteiger partial charge in [0.25, 0.3) is 0 Å². The van der Waals surface area contributed by atoms with Crippen LogP contribution in [-0.2, 0) is 4.74 Å². The second kappa shape index (κ2) is 10.1. The first-order valence-electron chi connectivity index (χ1n) is 11.6. The number of hydrogen-bond acceptors (Lipinski definition) is 1. The summed E-state index contributed by atoms with van der Waals surface area (Å²) in [6, 6.07) is 0. The molecule has 0 aromatic carbocycles. The van der Waals surface area contributed by atoms with Gasteiger partial charge in [-0.05, 0) is 93.8 Å². The number of rotatable bonds is 6. The molecule has 2 unspecified atom stereocenters. The van der Waals surface area contributed by atoms with Crippen LogP contribution in [0.15, 0.2) is 12.2 Å². The molecule has 0 N–H and O–H groups in total. The molecule has 0 aromatic rings. The summed E-state index contributed by atoms with van der Waals surface area (Å²) in [7, 11) is 0. The Morgan fingerprint density at radius 3 is 1.84 bits per heavy atom. The summed E-state index contributed by atoms with van der Waals surface area (Å²) >= 11 is 0. The van der Waals surface area contributed by atoms with Crippen LogP contribution in [-0.4, -0.2) is 12.7 Å². The van der Waals surface area contributed by atoms with Gasteiger partial charge in [0.1, 0.15) is 0 Å². The van der Waals surface area contributed by atoms with E-state index in [4.69, 9.17) is 4.74 Å². The molecule has 0 aromatic heterocycles. The fourth-order valence-corrected chi connectivity index (χ4v) is 5.62. The van der Waals surface area contributed by atoms with E-state index in [0.717, 1.165) is 36.2 Å². The molecule has 0 spiro atoms. The average Bonchev–Trinajstić information content (AvgIpc) is 2.68. The van der Waals surface area contributed by atoms with Gasteiger partial charge in [-0.1, -0.05) is 45.3 Å². The molecule has 3 rings (SSSR count). The minimum absolute atomic E-state index is 0.585. The third-order valence-corrected chi connectivity index (χ3v) is 7.57. The lowest BCUT2D eigenvalue weighted by molar-refractivity contribution is -0.0573. The van der Waals surface area contributed by atoms with Crippen LogP contribution in [0.1, 0.15) is 97.3 Å². The maximum absolute atomic E-state index is 6.22. The van der Waals surface area contributed by atoms with Crippen molar-refractivity contribution in [3.05, 3.63) is 12.2 Å². The van der Waals surface area contributed by atoms with Crippen molar-refractivity contribution in [2.75, 3.05) is 6.61 Å². The first-order valence-corrected chi connectivity index (χ1v) is 11.6. The van der Waals surface area contributed by atoms with Crippen LogP contribution in [0.25, 0.3) is 0 Å². The number of ether oxygens (including phenoxy) is 1. The Labute approximate surface area is 157 Å². The Balaban J connectivity index is 1.34. The van der Waals surface area contributed by atoms with E-state index in [1.807, 2.05) is 0 Å². The smallest absolute Gasteiger partial charge is 0.0603 e. The highest BCUT2D eigenvalue weighted by atomic mass is 16.5. The van der Waals surface area contributed by atoms with Crippen molar-refractivity contribution in [3.63, 3.8) is 0 Å². The SMILES string of the molecule is CCCC1CCC(/C=C/C2CCC(C3CCC(CC)CO3)CC2)CC1. The highest BCUT2D eigenvalue weighted by Gasteiger charge is 2.30. The van der Waals surface area contributed by atoms with Gasteiger partial charge in [0.15, 0.2) is 0 Å². The standard InChI is InChI=1S/C24H42O/c1-3-5-20-6-8-21(9-7-20)10-11-22-12-15-23(16-13-22)24-17-14-19(4-2)18-25-24/h10-11,19-24H,3-9,12-18H2,1-2H3/b11-10+. The Morgan fingerprint density at radius 2 is 1.32 bits per heavy atom. The van der Waals surface area contributed by atoms with Crippen molar-refractivity contribution < 1.29 is 4.74 Å². The van der Waals surface area contributed by atoms with E-state index in [-0.39, 0.29) is 0 Å². The monoisotopic (exact) mass is 346 g/mol. The van der Waals surface area contributed by atoms with Crippen LogP contribution >= 0.6 is 0 Å². The van der Waals surface area contributed by atoms with E-state index in [1.54, 1.807) is 0 Å². The molecule has 2 aliphatic carbocycles. The molecule has 144 valence electrons. The fraction of sp³-hybridized carbons (Fsp3) is 0.917. The fourth-order valence-electron chi connectivity index (χ4n) is 5.62. The molecular weight excluding hydrogens is 304 g/mol. The zero-order chi connectivity index (χ0) is 17.5.